The molecule has 1 heterocycles. The van der Waals surface area contributed by atoms with Crippen molar-refractivity contribution in [3.05, 3.63) is 46.0 Å². The van der Waals surface area contributed by atoms with Crippen molar-refractivity contribution in [1.29, 1.82) is 0 Å². The number of likely N-dealkylation sites (N-methyl/N-ethyl adjacent to an activating group) is 1. The highest BCUT2D eigenvalue weighted by molar-refractivity contribution is 6.30. The molecule has 6 aliphatic carbocycles. The number of ketones is 1. The number of hydrogen-bond donors (Lipinski definition) is 1. The number of esters is 1. The summed E-state index contributed by atoms with van der Waals surface area (Å²) in [5, 5.41) is 10.4. The van der Waals surface area contributed by atoms with Crippen LogP contribution in [-0.4, -0.2) is 70.3 Å². The molecule has 2 spiro atoms. The number of ether oxygens (including phenoxy) is 1. The SMILES string of the molecule is CC(C)C1=C2C3CCC4C5(C)CCC(OC(=O)CC(C)(C)C(=O)O)C(C)(C)C5CCC4(C)C3(C)CC3C(C)C4(CN(Cc5ccc(Cl)cc5)CC(=O)N4C)C23CC1=O. The van der Waals surface area contributed by atoms with Gasteiger partial charge in [0.25, 0.3) is 0 Å². The van der Waals surface area contributed by atoms with Crippen molar-refractivity contribution >= 4 is 35.2 Å². The molecule has 9 heteroatoms. The number of benzene rings is 1. The minimum absolute atomic E-state index is 0.0237. The lowest BCUT2D eigenvalue weighted by molar-refractivity contribution is -0.280. The third-order valence-electron chi connectivity index (χ3n) is 19.2. The first-order valence-electron chi connectivity index (χ1n) is 22.4. The third kappa shape index (κ3) is 5.40. The normalized spacial score (nSPS) is 42.0. The van der Waals surface area contributed by atoms with E-state index in [0.29, 0.717) is 48.1 Å². The lowest BCUT2D eigenvalue weighted by atomic mass is 9.27. The topological polar surface area (TPSA) is 104 Å². The van der Waals surface area contributed by atoms with Crippen molar-refractivity contribution in [2.24, 2.45) is 68.0 Å². The van der Waals surface area contributed by atoms with Gasteiger partial charge in [-0.3, -0.25) is 24.1 Å². The molecule has 1 aromatic carbocycles. The Morgan fingerprint density at radius 1 is 0.966 bits per heavy atom. The molecule has 11 unspecified atom stereocenters. The lowest BCUT2D eigenvalue weighted by Crippen LogP contribution is -2.85. The molecule has 1 aliphatic heterocycles. The molecule has 1 aromatic rings. The number of carboxylic acid groups (broad SMARTS) is 1. The zero-order valence-electron chi connectivity index (χ0n) is 37.1. The second-order valence-corrected chi connectivity index (χ2v) is 23.1. The molecule has 1 amide bonds. The largest absolute Gasteiger partial charge is 0.481 e. The van der Waals surface area contributed by atoms with Gasteiger partial charge in [0, 0.05) is 42.4 Å². The molecule has 318 valence electrons. The Bertz CT molecular complexity index is 1950. The molecule has 1 N–H and O–H groups in total. The van der Waals surface area contributed by atoms with Crippen molar-refractivity contribution in [1.82, 2.24) is 9.80 Å². The van der Waals surface area contributed by atoms with E-state index in [1.165, 1.54) is 5.57 Å². The molecule has 0 bridgehead atoms. The number of nitrogens with zero attached hydrogens (tertiary/aromatic N) is 2. The Morgan fingerprint density at radius 3 is 2.28 bits per heavy atom. The van der Waals surface area contributed by atoms with Crippen molar-refractivity contribution in [3.8, 4) is 0 Å². The van der Waals surface area contributed by atoms with Gasteiger partial charge in [-0.2, -0.15) is 0 Å². The first kappa shape index (κ1) is 42.0. The molecule has 11 atom stereocenters. The second kappa shape index (κ2) is 13.4. The molecular weight excluding hydrogens is 748 g/mol. The number of rotatable bonds is 7. The van der Waals surface area contributed by atoms with Crippen LogP contribution >= 0.6 is 11.6 Å². The predicted molar refractivity (Wildman–Crippen MR) is 226 cm³/mol. The molecule has 7 aliphatic rings. The van der Waals surface area contributed by atoms with Crippen LogP contribution in [0.5, 0.6) is 0 Å². The fourth-order valence-corrected chi connectivity index (χ4v) is 16.5. The van der Waals surface area contributed by atoms with E-state index in [-0.39, 0.29) is 63.3 Å². The summed E-state index contributed by atoms with van der Waals surface area (Å²) in [5.74, 6) is 0.813. The maximum Gasteiger partial charge on any atom is 0.309 e. The van der Waals surface area contributed by atoms with E-state index in [2.05, 4.69) is 77.3 Å². The molecular formula is C49H69ClN2O6. The summed E-state index contributed by atoms with van der Waals surface area (Å²) in [4.78, 5) is 58.5. The highest BCUT2D eigenvalue weighted by Gasteiger charge is 2.82. The predicted octanol–water partition coefficient (Wildman–Crippen LogP) is 9.62. The van der Waals surface area contributed by atoms with Crippen LogP contribution in [0.2, 0.25) is 5.02 Å². The Balaban J connectivity index is 1.14. The minimum Gasteiger partial charge on any atom is -0.481 e. The molecule has 8 rings (SSSR count). The average Bonchev–Trinajstić information content (AvgIpc) is 3.46. The van der Waals surface area contributed by atoms with Gasteiger partial charge in [0.15, 0.2) is 5.78 Å². The Morgan fingerprint density at radius 2 is 1.64 bits per heavy atom. The quantitative estimate of drug-likeness (QED) is 0.274. The monoisotopic (exact) mass is 816 g/mol. The number of carbonyl (C=O) groups is 4. The van der Waals surface area contributed by atoms with Crippen LogP contribution in [0.4, 0.5) is 0 Å². The lowest BCUT2D eigenvalue weighted by Gasteiger charge is -2.80. The van der Waals surface area contributed by atoms with Gasteiger partial charge in [0.05, 0.1) is 23.9 Å². The zero-order valence-corrected chi connectivity index (χ0v) is 37.9. The van der Waals surface area contributed by atoms with E-state index >= 15 is 0 Å². The Kier molecular flexibility index (Phi) is 9.70. The van der Waals surface area contributed by atoms with Crippen LogP contribution in [0.25, 0.3) is 0 Å². The number of carboxylic acids is 1. The summed E-state index contributed by atoms with van der Waals surface area (Å²) in [6, 6.07) is 7.98. The molecule has 0 radical (unpaired) electrons. The Hall–Kier alpha value is -2.71. The number of carbonyl (C=O) groups excluding carboxylic acids is 3. The molecule has 8 nitrogen and oxygen atoms in total. The zero-order chi connectivity index (χ0) is 42.3. The number of halogens is 1. The third-order valence-corrected chi connectivity index (χ3v) is 19.5. The van der Waals surface area contributed by atoms with Gasteiger partial charge in [-0.25, -0.2) is 0 Å². The standard InChI is InChI=1S/C49H69ClN2O6/c1-28(2)40-34(53)23-48-33(29(3)49(48)27-52(26-38(54)51(49)11)25-30-12-14-31(50)15-13-30)22-47(10)32(41(40)48)16-17-36-45(8)20-19-37(58-39(55)24-43(4,5)42(56)57)44(6,7)35(45)18-21-46(36,47)9/h12-15,28-29,32-33,35-37H,16-27H2,1-11H3,(H,56,57). The van der Waals surface area contributed by atoms with E-state index in [0.717, 1.165) is 62.6 Å². The number of hydrogen-bond acceptors (Lipinski definition) is 6. The number of allylic oxidation sites excluding steroid dienone is 1. The van der Waals surface area contributed by atoms with Gasteiger partial charge >= 0.3 is 11.9 Å². The minimum atomic E-state index is -1.17. The van der Waals surface area contributed by atoms with Gasteiger partial charge in [-0.15, -0.1) is 0 Å². The maximum atomic E-state index is 14.7. The summed E-state index contributed by atoms with van der Waals surface area (Å²) in [5.41, 5.74) is 1.46. The van der Waals surface area contributed by atoms with Crippen LogP contribution < -0.4 is 0 Å². The number of Topliss-reactive ketones (excluding diaryl/α,β-unsaturated/α-hetero) is 1. The summed E-state index contributed by atoms with van der Waals surface area (Å²) in [7, 11) is 2.04. The summed E-state index contributed by atoms with van der Waals surface area (Å²) < 4.78 is 6.23. The van der Waals surface area contributed by atoms with E-state index in [9.17, 15) is 24.3 Å². The average molecular weight is 818 g/mol. The van der Waals surface area contributed by atoms with Crippen LogP contribution in [0.1, 0.15) is 133 Å². The highest BCUT2D eigenvalue weighted by atomic mass is 35.5. The Labute approximate surface area is 352 Å². The molecule has 58 heavy (non-hydrogen) atoms. The second-order valence-electron chi connectivity index (χ2n) is 22.6. The van der Waals surface area contributed by atoms with Crippen LogP contribution in [0.3, 0.4) is 0 Å². The molecule has 6 fully saturated rings. The van der Waals surface area contributed by atoms with E-state index in [1.807, 2.05) is 19.2 Å². The van der Waals surface area contributed by atoms with Gasteiger partial charge in [0.1, 0.15) is 6.10 Å². The summed E-state index contributed by atoms with van der Waals surface area (Å²) >= 11 is 6.26. The smallest absolute Gasteiger partial charge is 0.309 e. The number of piperazine rings is 1. The summed E-state index contributed by atoms with van der Waals surface area (Å²) in [6.45, 7) is 24.1. The number of amides is 1. The van der Waals surface area contributed by atoms with Gasteiger partial charge in [0.2, 0.25) is 5.91 Å². The van der Waals surface area contributed by atoms with Crippen molar-refractivity contribution in [2.45, 2.75) is 145 Å². The molecule has 1 saturated heterocycles. The van der Waals surface area contributed by atoms with E-state index in [1.54, 1.807) is 13.8 Å². The first-order valence-corrected chi connectivity index (χ1v) is 22.7. The van der Waals surface area contributed by atoms with E-state index in [4.69, 9.17) is 16.3 Å². The maximum absolute atomic E-state index is 14.7. The van der Waals surface area contributed by atoms with Crippen LogP contribution in [0, 0.1) is 68.0 Å². The number of aliphatic carboxylic acids is 1. The molecule has 0 aromatic heterocycles. The van der Waals surface area contributed by atoms with Crippen LogP contribution in [-0.2, 0) is 30.5 Å². The van der Waals surface area contributed by atoms with Gasteiger partial charge in [-0.1, -0.05) is 84.7 Å². The number of fused-ring (bicyclic) bond motifs is 6. The first-order chi connectivity index (χ1) is 26.9. The highest BCUT2D eigenvalue weighted by Crippen LogP contribution is 2.83. The van der Waals surface area contributed by atoms with Crippen molar-refractivity contribution < 1.29 is 29.0 Å². The van der Waals surface area contributed by atoms with Crippen molar-refractivity contribution in [2.75, 3.05) is 20.1 Å². The van der Waals surface area contributed by atoms with Gasteiger partial charge < -0.3 is 14.7 Å². The van der Waals surface area contributed by atoms with Crippen LogP contribution in [0.15, 0.2) is 35.4 Å². The van der Waals surface area contributed by atoms with Gasteiger partial charge in [-0.05, 0) is 134 Å². The van der Waals surface area contributed by atoms with E-state index < -0.39 is 22.9 Å². The fourth-order valence-electron chi connectivity index (χ4n) is 16.3. The molecule has 5 saturated carbocycles. The summed E-state index contributed by atoms with van der Waals surface area (Å²) in [6.07, 6.45) is 7.24. The van der Waals surface area contributed by atoms with Crippen molar-refractivity contribution in [3.63, 3.8) is 0 Å². The fraction of sp³-hybridized carbons (Fsp3) is 0.755.